The molecule has 0 aliphatic carbocycles. The van der Waals surface area contributed by atoms with Crippen LogP contribution in [0.15, 0.2) is 121 Å². The van der Waals surface area contributed by atoms with Gasteiger partial charge in [-0.3, -0.25) is 0 Å². The summed E-state index contributed by atoms with van der Waals surface area (Å²) in [7, 11) is 0. The molecule has 0 saturated heterocycles. The smallest absolute Gasteiger partial charge is 0.117 e. The van der Waals surface area contributed by atoms with Crippen LogP contribution in [0.4, 0.5) is 17.1 Å². The number of hydrogen-bond acceptors (Lipinski definition) is 2. The molecule has 5 aromatic rings. The van der Waals surface area contributed by atoms with E-state index in [-0.39, 0.29) is 11.2 Å². The molecule has 0 spiro atoms. The van der Waals surface area contributed by atoms with Gasteiger partial charge in [0.05, 0.1) is 11.4 Å². The van der Waals surface area contributed by atoms with E-state index in [1.165, 1.54) is 0 Å². The van der Waals surface area contributed by atoms with Gasteiger partial charge in [0, 0.05) is 27.9 Å². The molecule has 0 radical (unpaired) electrons. The summed E-state index contributed by atoms with van der Waals surface area (Å²) >= 11 is 6.54. The summed E-state index contributed by atoms with van der Waals surface area (Å²) in [6.45, 7) is 6.47. The SMILES string of the molecule is CC(C)(C)c1cc(O)cc(N(c2cccc(Cl)c2)c2c(-c3ccccc3)cccc2-c2ccccc2)c1. The van der Waals surface area contributed by atoms with Gasteiger partial charge < -0.3 is 10.0 Å². The van der Waals surface area contributed by atoms with E-state index >= 15 is 0 Å². The highest BCUT2D eigenvalue weighted by atomic mass is 35.5. The maximum atomic E-state index is 10.9. The second-order valence-corrected chi connectivity index (χ2v) is 10.7. The number of phenols is 1. The van der Waals surface area contributed by atoms with Crippen molar-refractivity contribution in [3.8, 4) is 28.0 Å². The Hall–Kier alpha value is -4.01. The first kappa shape index (κ1) is 24.7. The van der Waals surface area contributed by atoms with Crippen LogP contribution in [0.3, 0.4) is 0 Å². The van der Waals surface area contributed by atoms with Crippen molar-refractivity contribution in [2.75, 3.05) is 4.90 Å². The second kappa shape index (κ2) is 10.2. The Bertz CT molecular complexity index is 1460. The molecule has 1 N–H and O–H groups in total. The minimum absolute atomic E-state index is 0.144. The van der Waals surface area contributed by atoms with Crippen molar-refractivity contribution >= 4 is 28.7 Å². The summed E-state index contributed by atoms with van der Waals surface area (Å²) in [6, 6.07) is 41.0. The molecule has 0 aliphatic heterocycles. The van der Waals surface area contributed by atoms with Crippen LogP contribution >= 0.6 is 11.6 Å². The summed E-state index contributed by atoms with van der Waals surface area (Å²) in [5.74, 6) is 0.230. The van der Waals surface area contributed by atoms with Gasteiger partial charge in [-0.2, -0.15) is 0 Å². The van der Waals surface area contributed by atoms with Gasteiger partial charge in [-0.05, 0) is 52.4 Å². The van der Waals surface area contributed by atoms with Crippen LogP contribution in [0, 0.1) is 0 Å². The first-order valence-electron chi connectivity index (χ1n) is 12.5. The number of benzene rings is 5. The molecule has 37 heavy (non-hydrogen) atoms. The fourth-order valence-corrected chi connectivity index (χ4v) is 4.85. The summed E-state index contributed by atoms with van der Waals surface area (Å²) in [5, 5.41) is 11.5. The van der Waals surface area contributed by atoms with Crippen molar-refractivity contribution in [1.29, 1.82) is 0 Å². The molecule has 0 aliphatic rings. The minimum atomic E-state index is -0.144. The molecule has 5 rings (SSSR count). The van der Waals surface area contributed by atoms with Gasteiger partial charge in [0.2, 0.25) is 0 Å². The maximum Gasteiger partial charge on any atom is 0.117 e. The zero-order valence-corrected chi connectivity index (χ0v) is 22.1. The fraction of sp³-hybridized carbons (Fsp3) is 0.118. The highest BCUT2D eigenvalue weighted by Gasteiger charge is 2.24. The van der Waals surface area contributed by atoms with Gasteiger partial charge in [-0.15, -0.1) is 0 Å². The number of anilines is 3. The van der Waals surface area contributed by atoms with Crippen LogP contribution < -0.4 is 4.90 Å². The van der Waals surface area contributed by atoms with Crippen LogP contribution in [0.2, 0.25) is 5.02 Å². The quantitative estimate of drug-likeness (QED) is 0.258. The third-order valence-electron chi connectivity index (χ3n) is 6.52. The lowest BCUT2D eigenvalue weighted by atomic mass is 9.86. The molecule has 184 valence electrons. The molecule has 0 unspecified atom stereocenters. The third-order valence-corrected chi connectivity index (χ3v) is 6.76. The molecule has 2 nitrogen and oxygen atoms in total. The normalized spacial score (nSPS) is 11.4. The lowest BCUT2D eigenvalue weighted by Crippen LogP contribution is -2.16. The van der Waals surface area contributed by atoms with E-state index in [0.29, 0.717) is 5.02 Å². The summed E-state index contributed by atoms with van der Waals surface area (Å²) < 4.78 is 0. The minimum Gasteiger partial charge on any atom is -0.508 e. The predicted molar refractivity (Wildman–Crippen MR) is 157 cm³/mol. The molecule has 5 aromatic carbocycles. The van der Waals surface area contributed by atoms with E-state index in [1.54, 1.807) is 0 Å². The number of rotatable bonds is 5. The predicted octanol–water partition coefficient (Wildman–Crippen LogP) is 10.1. The molecule has 3 heteroatoms. The lowest BCUT2D eigenvalue weighted by molar-refractivity contribution is 0.471. The Labute approximate surface area is 224 Å². The molecule has 0 fully saturated rings. The van der Waals surface area contributed by atoms with Gasteiger partial charge in [-0.1, -0.05) is 117 Å². The van der Waals surface area contributed by atoms with E-state index in [2.05, 4.69) is 105 Å². The van der Waals surface area contributed by atoms with Crippen molar-refractivity contribution in [2.24, 2.45) is 0 Å². The molecular weight excluding hydrogens is 474 g/mol. The average molecular weight is 504 g/mol. The van der Waals surface area contributed by atoms with E-state index in [1.807, 2.05) is 42.5 Å². The van der Waals surface area contributed by atoms with Crippen LogP contribution in [0.5, 0.6) is 5.75 Å². The number of para-hydroxylation sites is 1. The molecule has 0 atom stereocenters. The van der Waals surface area contributed by atoms with Gasteiger partial charge in [-0.25, -0.2) is 0 Å². The summed E-state index contributed by atoms with van der Waals surface area (Å²) in [4.78, 5) is 2.21. The van der Waals surface area contributed by atoms with Gasteiger partial charge in [0.15, 0.2) is 0 Å². The van der Waals surface area contributed by atoms with Crippen molar-refractivity contribution < 1.29 is 5.11 Å². The van der Waals surface area contributed by atoms with Crippen molar-refractivity contribution in [1.82, 2.24) is 0 Å². The summed E-state index contributed by atoms with van der Waals surface area (Å²) in [6.07, 6.45) is 0. The monoisotopic (exact) mass is 503 g/mol. The van der Waals surface area contributed by atoms with Gasteiger partial charge in [0.1, 0.15) is 5.75 Å². The van der Waals surface area contributed by atoms with Gasteiger partial charge >= 0.3 is 0 Å². The van der Waals surface area contributed by atoms with Crippen LogP contribution in [-0.4, -0.2) is 5.11 Å². The number of nitrogens with zero attached hydrogens (tertiary/aromatic N) is 1. The number of aromatic hydroxyl groups is 1. The van der Waals surface area contributed by atoms with Crippen LogP contribution in [0.1, 0.15) is 26.3 Å². The Kier molecular flexibility index (Phi) is 6.78. The lowest BCUT2D eigenvalue weighted by Gasteiger charge is -2.32. The Morgan fingerprint density at radius 1 is 0.595 bits per heavy atom. The number of hydrogen-bond donors (Lipinski definition) is 1. The molecule has 0 heterocycles. The largest absolute Gasteiger partial charge is 0.508 e. The standard InChI is InChI=1S/C34H30ClNO/c1-34(2,3)26-20-29(23-30(37)21-26)36(28-17-10-16-27(35)22-28)33-31(24-12-6-4-7-13-24)18-11-19-32(33)25-14-8-5-9-15-25/h4-23,37H,1-3H3. The van der Waals surface area contributed by atoms with Gasteiger partial charge in [0.25, 0.3) is 0 Å². The molecule has 0 bridgehead atoms. The zero-order chi connectivity index (χ0) is 26.0. The second-order valence-electron chi connectivity index (χ2n) is 10.2. The Morgan fingerprint density at radius 2 is 1.16 bits per heavy atom. The van der Waals surface area contributed by atoms with E-state index < -0.39 is 0 Å². The van der Waals surface area contributed by atoms with Crippen molar-refractivity contribution in [3.63, 3.8) is 0 Å². The highest BCUT2D eigenvalue weighted by molar-refractivity contribution is 6.30. The molecule has 0 aromatic heterocycles. The fourth-order valence-electron chi connectivity index (χ4n) is 4.67. The summed E-state index contributed by atoms with van der Waals surface area (Å²) in [5.41, 5.74) is 8.10. The van der Waals surface area contributed by atoms with Crippen LogP contribution in [0.25, 0.3) is 22.3 Å². The number of phenolic OH excluding ortho intramolecular Hbond substituents is 1. The topological polar surface area (TPSA) is 23.5 Å². The molecule has 0 amide bonds. The van der Waals surface area contributed by atoms with E-state index in [0.717, 1.165) is 44.9 Å². The Balaban J connectivity index is 1.89. The average Bonchev–Trinajstić information content (AvgIpc) is 2.89. The van der Waals surface area contributed by atoms with Crippen molar-refractivity contribution in [2.45, 2.75) is 26.2 Å². The first-order chi connectivity index (χ1) is 17.8. The van der Waals surface area contributed by atoms with E-state index in [4.69, 9.17) is 11.6 Å². The van der Waals surface area contributed by atoms with Crippen LogP contribution in [-0.2, 0) is 5.41 Å². The molecular formula is C34H30ClNO. The maximum absolute atomic E-state index is 10.9. The molecule has 0 saturated carbocycles. The Morgan fingerprint density at radius 3 is 1.70 bits per heavy atom. The highest BCUT2D eigenvalue weighted by Crippen LogP contribution is 2.48. The number of halogens is 1. The van der Waals surface area contributed by atoms with E-state index in [9.17, 15) is 5.11 Å². The third kappa shape index (κ3) is 5.26. The first-order valence-corrected chi connectivity index (χ1v) is 12.8. The van der Waals surface area contributed by atoms with Crippen molar-refractivity contribution in [3.05, 3.63) is 132 Å². The zero-order valence-electron chi connectivity index (χ0n) is 21.3.